The maximum Gasteiger partial charge on any atom is 0.199 e. The molecule has 90 valence electrons. The topological polar surface area (TPSA) is 94.0 Å². The molecule has 0 amide bonds. The lowest BCUT2D eigenvalue weighted by atomic mass is 9.98. The Labute approximate surface area is 98.4 Å². The van der Waals surface area contributed by atoms with Gasteiger partial charge in [-0.25, -0.2) is 0 Å². The first-order valence-electron chi connectivity index (χ1n) is 5.83. The van der Waals surface area contributed by atoms with E-state index in [-0.39, 0.29) is 5.54 Å². The first-order chi connectivity index (χ1) is 8.33. The van der Waals surface area contributed by atoms with Crippen LogP contribution in [0.2, 0.25) is 0 Å². The molecule has 3 N–H and O–H groups in total. The quantitative estimate of drug-likeness (QED) is 0.786. The molecule has 0 atom stereocenters. The Hall–Kier alpha value is -1.76. The van der Waals surface area contributed by atoms with Crippen LogP contribution in [0.25, 0.3) is 5.65 Å². The first kappa shape index (κ1) is 10.4. The molecule has 0 radical (unpaired) electrons. The number of hydrogen-bond donors (Lipinski definition) is 2. The number of aromatic nitrogens is 5. The average Bonchev–Trinajstić information content (AvgIpc) is 2.98. The zero-order valence-electron chi connectivity index (χ0n) is 9.50. The fraction of sp³-hybridized carbons (Fsp3) is 0.600. The van der Waals surface area contributed by atoms with E-state index in [1.165, 1.54) is 12.8 Å². The van der Waals surface area contributed by atoms with Crippen molar-refractivity contribution >= 4 is 11.5 Å². The van der Waals surface area contributed by atoms with Crippen molar-refractivity contribution in [2.24, 2.45) is 5.73 Å². The second-order valence-electron chi connectivity index (χ2n) is 4.56. The van der Waals surface area contributed by atoms with E-state index >= 15 is 0 Å². The van der Waals surface area contributed by atoms with Crippen molar-refractivity contribution in [1.82, 2.24) is 25.0 Å². The fourth-order valence-electron chi connectivity index (χ4n) is 2.46. The van der Waals surface area contributed by atoms with Crippen molar-refractivity contribution in [3.05, 3.63) is 12.4 Å². The van der Waals surface area contributed by atoms with Gasteiger partial charge < -0.3 is 11.1 Å². The van der Waals surface area contributed by atoms with E-state index in [4.69, 9.17) is 5.73 Å². The summed E-state index contributed by atoms with van der Waals surface area (Å²) in [6.07, 6.45) is 7.96. The summed E-state index contributed by atoms with van der Waals surface area (Å²) in [4.78, 5) is 4.13. The molecule has 0 saturated heterocycles. The van der Waals surface area contributed by atoms with Crippen LogP contribution in [0.5, 0.6) is 0 Å². The molecule has 0 spiro atoms. The summed E-state index contributed by atoms with van der Waals surface area (Å²) in [7, 11) is 0. The van der Waals surface area contributed by atoms with E-state index in [0.717, 1.165) is 18.7 Å². The minimum atomic E-state index is -0.0259. The van der Waals surface area contributed by atoms with Crippen LogP contribution >= 0.6 is 0 Å². The van der Waals surface area contributed by atoms with Crippen LogP contribution in [0.4, 0.5) is 5.82 Å². The van der Waals surface area contributed by atoms with Gasteiger partial charge in [-0.1, -0.05) is 12.8 Å². The van der Waals surface area contributed by atoms with Gasteiger partial charge in [0.2, 0.25) is 0 Å². The molecular formula is C10H15N7. The average molecular weight is 233 g/mol. The highest BCUT2D eigenvalue weighted by molar-refractivity contribution is 5.45. The lowest BCUT2D eigenvalue weighted by Gasteiger charge is -2.29. The van der Waals surface area contributed by atoms with Crippen LogP contribution in [-0.4, -0.2) is 37.1 Å². The molecule has 17 heavy (non-hydrogen) atoms. The molecule has 3 rings (SSSR count). The molecule has 1 aliphatic carbocycles. The molecule has 7 nitrogen and oxygen atoms in total. The van der Waals surface area contributed by atoms with Gasteiger partial charge in [0.15, 0.2) is 11.5 Å². The standard InChI is InChI=1S/C10H15N7/c11-7-10(3-1-2-4-10)13-8-5-12-6-9-14-15-16-17(8)9/h5-6,13H,1-4,7,11H2. The summed E-state index contributed by atoms with van der Waals surface area (Å²) in [6.45, 7) is 0.617. The predicted molar refractivity (Wildman–Crippen MR) is 62.5 cm³/mol. The Morgan fingerprint density at radius 2 is 2.18 bits per heavy atom. The summed E-state index contributed by atoms with van der Waals surface area (Å²) < 4.78 is 1.66. The van der Waals surface area contributed by atoms with Crippen LogP contribution in [-0.2, 0) is 0 Å². The number of hydrogen-bond acceptors (Lipinski definition) is 6. The smallest absolute Gasteiger partial charge is 0.199 e. The molecule has 7 heteroatoms. The number of anilines is 1. The lowest BCUT2D eigenvalue weighted by Crippen LogP contribution is -2.43. The minimum absolute atomic E-state index is 0.0259. The Balaban J connectivity index is 1.96. The number of tetrazole rings is 1. The van der Waals surface area contributed by atoms with Gasteiger partial charge in [-0.3, -0.25) is 4.98 Å². The Bertz CT molecular complexity index is 514. The summed E-state index contributed by atoms with van der Waals surface area (Å²) in [5.41, 5.74) is 6.51. The first-order valence-corrected chi connectivity index (χ1v) is 5.83. The van der Waals surface area contributed by atoms with Crippen LogP contribution in [0.3, 0.4) is 0 Å². The molecule has 2 aromatic heterocycles. The highest BCUT2D eigenvalue weighted by Gasteiger charge is 2.32. The van der Waals surface area contributed by atoms with E-state index in [9.17, 15) is 0 Å². The molecular weight excluding hydrogens is 218 g/mol. The molecule has 1 fully saturated rings. The maximum absolute atomic E-state index is 5.89. The van der Waals surface area contributed by atoms with E-state index in [1.54, 1.807) is 16.9 Å². The predicted octanol–water partition coefficient (Wildman–Crippen LogP) is 0.203. The number of nitrogens with zero attached hydrogens (tertiary/aromatic N) is 5. The van der Waals surface area contributed by atoms with Gasteiger partial charge in [-0.15, -0.1) is 5.10 Å². The summed E-state index contributed by atoms with van der Waals surface area (Å²) in [6, 6.07) is 0. The van der Waals surface area contributed by atoms with Gasteiger partial charge in [0, 0.05) is 6.54 Å². The molecule has 1 aliphatic rings. The molecule has 0 aliphatic heterocycles. The van der Waals surface area contributed by atoms with E-state index < -0.39 is 0 Å². The van der Waals surface area contributed by atoms with Crippen LogP contribution in [0, 0.1) is 0 Å². The zero-order valence-corrected chi connectivity index (χ0v) is 9.50. The van der Waals surface area contributed by atoms with Gasteiger partial charge in [-0.05, 0) is 23.3 Å². The van der Waals surface area contributed by atoms with Crippen molar-refractivity contribution in [3.8, 4) is 0 Å². The largest absolute Gasteiger partial charge is 0.362 e. The Morgan fingerprint density at radius 3 is 2.94 bits per heavy atom. The Kier molecular flexibility index (Phi) is 2.40. The van der Waals surface area contributed by atoms with E-state index in [1.807, 2.05) is 0 Å². The van der Waals surface area contributed by atoms with Crippen molar-refractivity contribution in [3.63, 3.8) is 0 Å². The van der Waals surface area contributed by atoms with Gasteiger partial charge in [0.1, 0.15) is 0 Å². The van der Waals surface area contributed by atoms with Crippen LogP contribution in [0.1, 0.15) is 25.7 Å². The van der Waals surface area contributed by atoms with Crippen molar-refractivity contribution in [2.45, 2.75) is 31.2 Å². The van der Waals surface area contributed by atoms with Gasteiger partial charge in [0.25, 0.3) is 0 Å². The van der Waals surface area contributed by atoms with Crippen LogP contribution < -0.4 is 11.1 Å². The third-order valence-electron chi connectivity index (χ3n) is 3.45. The number of nitrogens with two attached hydrogens (primary N) is 1. The van der Waals surface area contributed by atoms with Crippen molar-refractivity contribution in [1.29, 1.82) is 0 Å². The highest BCUT2D eigenvalue weighted by Crippen LogP contribution is 2.31. The van der Waals surface area contributed by atoms with Crippen molar-refractivity contribution in [2.75, 3.05) is 11.9 Å². The monoisotopic (exact) mass is 233 g/mol. The maximum atomic E-state index is 5.89. The number of rotatable bonds is 3. The Morgan fingerprint density at radius 1 is 1.35 bits per heavy atom. The van der Waals surface area contributed by atoms with Crippen molar-refractivity contribution < 1.29 is 0 Å². The molecule has 1 saturated carbocycles. The SMILES string of the molecule is NCC1(Nc2cncc3nnnn23)CCCC1. The molecule has 2 aromatic rings. The van der Waals surface area contributed by atoms with E-state index in [2.05, 4.69) is 25.8 Å². The number of nitrogens with one attached hydrogen (secondary N) is 1. The highest BCUT2D eigenvalue weighted by atomic mass is 15.5. The minimum Gasteiger partial charge on any atom is -0.362 e. The second-order valence-corrected chi connectivity index (χ2v) is 4.56. The normalized spacial score (nSPS) is 18.6. The van der Waals surface area contributed by atoms with Gasteiger partial charge >= 0.3 is 0 Å². The summed E-state index contributed by atoms with van der Waals surface area (Å²) in [5.74, 6) is 0.805. The summed E-state index contributed by atoms with van der Waals surface area (Å²) in [5, 5.41) is 14.9. The third kappa shape index (κ3) is 1.72. The van der Waals surface area contributed by atoms with Crippen LogP contribution in [0.15, 0.2) is 12.4 Å². The molecule has 2 heterocycles. The fourth-order valence-corrected chi connectivity index (χ4v) is 2.46. The summed E-state index contributed by atoms with van der Waals surface area (Å²) >= 11 is 0. The van der Waals surface area contributed by atoms with Gasteiger partial charge in [-0.2, -0.15) is 4.52 Å². The number of fused-ring (bicyclic) bond motifs is 1. The molecule has 0 bridgehead atoms. The molecule has 0 aromatic carbocycles. The second kappa shape index (κ2) is 3.92. The molecule has 0 unspecified atom stereocenters. The van der Waals surface area contributed by atoms with E-state index in [0.29, 0.717) is 12.2 Å². The van der Waals surface area contributed by atoms with Gasteiger partial charge in [0.05, 0.1) is 17.9 Å². The third-order valence-corrected chi connectivity index (χ3v) is 3.45. The zero-order chi connectivity index (χ0) is 11.7. The lowest BCUT2D eigenvalue weighted by molar-refractivity contribution is 0.489.